The van der Waals surface area contributed by atoms with Gasteiger partial charge in [-0.05, 0) is 36.8 Å². The van der Waals surface area contributed by atoms with Crippen LogP contribution in [0.1, 0.15) is 25.0 Å². The van der Waals surface area contributed by atoms with E-state index in [0.29, 0.717) is 5.69 Å². The number of nitrogens with zero attached hydrogens (tertiary/aromatic N) is 2. The van der Waals surface area contributed by atoms with Gasteiger partial charge in [-0.3, -0.25) is 9.59 Å². The molecule has 0 saturated carbocycles. The van der Waals surface area contributed by atoms with Gasteiger partial charge in [-0.2, -0.15) is 5.10 Å². The zero-order valence-electron chi connectivity index (χ0n) is 16.5. The number of carbonyl (C=O) groups is 2. The maximum atomic E-state index is 11.9. The van der Waals surface area contributed by atoms with E-state index in [1.54, 1.807) is 12.1 Å². The Morgan fingerprint density at radius 3 is 2.39 bits per heavy atom. The number of aryl methyl sites for hydroxylation is 1. The van der Waals surface area contributed by atoms with Crippen LogP contribution in [-0.2, 0) is 15.0 Å². The number of benzene rings is 2. The Morgan fingerprint density at radius 2 is 1.71 bits per heavy atom. The summed E-state index contributed by atoms with van der Waals surface area (Å²) in [5.41, 5.74) is 7.14. The van der Waals surface area contributed by atoms with E-state index >= 15 is 0 Å². The average molecular weight is 376 g/mol. The first-order chi connectivity index (χ1) is 13.3. The molecule has 2 aromatic carbocycles. The number of carbonyl (C=O) groups excluding carboxylic acids is 2. The number of likely N-dealkylation sites (N-methyl/N-ethyl adjacent to an activating group) is 1. The molecule has 2 aromatic rings. The first-order valence-electron chi connectivity index (χ1n) is 9.06. The molecule has 0 radical (unpaired) electrons. The van der Waals surface area contributed by atoms with Gasteiger partial charge >= 0.3 is 11.8 Å². The van der Waals surface area contributed by atoms with Crippen molar-refractivity contribution in [3.05, 3.63) is 71.4 Å². The second kappa shape index (κ2) is 7.68. The number of nitrogens with one attached hydrogen (secondary N) is 2. The van der Waals surface area contributed by atoms with E-state index < -0.39 is 11.8 Å². The van der Waals surface area contributed by atoms with Crippen LogP contribution in [-0.4, -0.2) is 25.1 Å². The monoisotopic (exact) mass is 376 g/mol. The number of hydrazone groups is 1. The van der Waals surface area contributed by atoms with Crippen molar-refractivity contribution in [3.8, 4) is 0 Å². The number of amides is 2. The van der Waals surface area contributed by atoms with Crippen molar-refractivity contribution in [2.24, 2.45) is 5.10 Å². The van der Waals surface area contributed by atoms with Crippen molar-refractivity contribution >= 4 is 29.4 Å². The van der Waals surface area contributed by atoms with E-state index in [4.69, 9.17) is 0 Å². The van der Waals surface area contributed by atoms with Gasteiger partial charge < -0.3 is 10.2 Å². The van der Waals surface area contributed by atoms with Crippen molar-refractivity contribution in [3.63, 3.8) is 0 Å². The summed E-state index contributed by atoms with van der Waals surface area (Å²) in [6.45, 7) is 6.23. The maximum Gasteiger partial charge on any atom is 0.329 e. The van der Waals surface area contributed by atoms with Crippen LogP contribution in [0.15, 0.2) is 65.4 Å². The lowest BCUT2D eigenvalue weighted by molar-refractivity contribution is -0.136. The zero-order chi connectivity index (χ0) is 20.3. The third-order valence-electron chi connectivity index (χ3n) is 4.93. The Kier molecular flexibility index (Phi) is 5.31. The lowest BCUT2D eigenvalue weighted by Gasteiger charge is -2.23. The molecule has 0 atom stereocenters. The number of hydrogen-bond acceptors (Lipinski definition) is 4. The van der Waals surface area contributed by atoms with Crippen LogP contribution in [0.2, 0.25) is 0 Å². The summed E-state index contributed by atoms with van der Waals surface area (Å²) in [5.74, 6) is -1.59. The molecule has 0 saturated heterocycles. The van der Waals surface area contributed by atoms with Gasteiger partial charge in [0.05, 0.1) is 0 Å². The third kappa shape index (κ3) is 3.81. The molecule has 2 N–H and O–H groups in total. The highest BCUT2D eigenvalue weighted by atomic mass is 16.2. The molecular formula is C22H24N4O2. The summed E-state index contributed by atoms with van der Waals surface area (Å²) in [6, 6.07) is 15.4. The van der Waals surface area contributed by atoms with Crippen molar-refractivity contribution in [1.82, 2.24) is 5.43 Å². The first-order valence-corrected chi connectivity index (χ1v) is 9.06. The molecular weight excluding hydrogens is 352 g/mol. The number of fused-ring (bicyclic) bond motifs is 1. The van der Waals surface area contributed by atoms with Crippen molar-refractivity contribution in [2.75, 3.05) is 17.3 Å². The summed E-state index contributed by atoms with van der Waals surface area (Å²) in [7, 11) is 2.00. The molecule has 0 bridgehead atoms. The quantitative estimate of drug-likeness (QED) is 0.490. The van der Waals surface area contributed by atoms with Gasteiger partial charge in [0.15, 0.2) is 0 Å². The minimum atomic E-state index is -0.822. The molecule has 1 heterocycles. The smallest absolute Gasteiger partial charge is 0.329 e. The van der Waals surface area contributed by atoms with E-state index in [-0.39, 0.29) is 5.41 Å². The lowest BCUT2D eigenvalue weighted by atomic mass is 9.84. The minimum absolute atomic E-state index is 0.176. The average Bonchev–Trinajstić information content (AvgIpc) is 2.87. The molecule has 0 aromatic heterocycles. The summed E-state index contributed by atoms with van der Waals surface area (Å²) in [5, 5.41) is 6.42. The highest BCUT2D eigenvalue weighted by Gasteiger charge is 2.37. The normalized spacial score (nSPS) is 16.3. The van der Waals surface area contributed by atoms with Crippen molar-refractivity contribution < 1.29 is 9.59 Å². The summed E-state index contributed by atoms with van der Waals surface area (Å²) < 4.78 is 0. The minimum Gasteiger partial charge on any atom is -0.347 e. The standard InChI is InChI=1S/C22H24N4O2/c1-15-9-11-16(12-10-15)24-20(27)21(28)25-23-14-13-19-22(2,3)17-7-5-6-8-18(17)26(19)4/h5-14H,1-4H3,(H,24,27)(H,25,28). The van der Waals surface area contributed by atoms with Crippen LogP contribution in [0.25, 0.3) is 0 Å². The van der Waals surface area contributed by atoms with Gasteiger partial charge in [0, 0.05) is 35.7 Å². The van der Waals surface area contributed by atoms with Gasteiger partial charge in [0.1, 0.15) is 0 Å². The highest BCUT2D eigenvalue weighted by molar-refractivity contribution is 6.39. The molecule has 0 spiro atoms. The van der Waals surface area contributed by atoms with Gasteiger partial charge in [-0.15, -0.1) is 0 Å². The number of allylic oxidation sites excluding steroid dienone is 2. The van der Waals surface area contributed by atoms with Crippen molar-refractivity contribution in [2.45, 2.75) is 26.2 Å². The van der Waals surface area contributed by atoms with Gasteiger partial charge in [0.25, 0.3) is 0 Å². The van der Waals surface area contributed by atoms with E-state index in [0.717, 1.165) is 16.9 Å². The SMILES string of the molecule is Cc1ccc(NC(=O)C(=O)NN=CC=C2N(C)c3ccccc3C2(C)C)cc1. The Labute approximate surface area is 164 Å². The zero-order valence-corrected chi connectivity index (χ0v) is 16.5. The van der Waals surface area contributed by atoms with E-state index in [1.807, 2.05) is 44.3 Å². The van der Waals surface area contributed by atoms with Crippen LogP contribution in [0, 0.1) is 6.92 Å². The fraction of sp³-hybridized carbons (Fsp3) is 0.227. The predicted molar refractivity (Wildman–Crippen MR) is 112 cm³/mol. The molecule has 1 aliphatic rings. The first kappa shape index (κ1) is 19.4. The molecule has 0 aliphatic carbocycles. The Hall–Kier alpha value is -3.41. The van der Waals surface area contributed by atoms with Crippen LogP contribution in [0.4, 0.5) is 11.4 Å². The third-order valence-corrected chi connectivity index (χ3v) is 4.93. The van der Waals surface area contributed by atoms with Crippen LogP contribution in [0.3, 0.4) is 0 Å². The van der Waals surface area contributed by atoms with Crippen molar-refractivity contribution in [1.29, 1.82) is 0 Å². The second-order valence-electron chi connectivity index (χ2n) is 7.29. The second-order valence-corrected chi connectivity index (χ2v) is 7.29. The molecule has 0 fully saturated rings. The Morgan fingerprint density at radius 1 is 1.04 bits per heavy atom. The number of para-hydroxylation sites is 1. The summed E-state index contributed by atoms with van der Waals surface area (Å²) in [4.78, 5) is 25.9. The van der Waals surface area contributed by atoms with E-state index in [1.165, 1.54) is 11.8 Å². The van der Waals surface area contributed by atoms with Gasteiger partial charge in [-0.1, -0.05) is 49.7 Å². The van der Waals surface area contributed by atoms with Crippen LogP contribution < -0.4 is 15.6 Å². The van der Waals surface area contributed by atoms with Crippen LogP contribution in [0.5, 0.6) is 0 Å². The molecule has 6 nitrogen and oxygen atoms in total. The maximum absolute atomic E-state index is 11.9. The predicted octanol–water partition coefficient (Wildman–Crippen LogP) is 3.35. The van der Waals surface area contributed by atoms with Gasteiger partial charge in [-0.25, -0.2) is 5.43 Å². The Balaban J connectivity index is 1.62. The summed E-state index contributed by atoms with van der Waals surface area (Å²) in [6.07, 6.45) is 3.34. The lowest BCUT2D eigenvalue weighted by Crippen LogP contribution is -2.32. The topological polar surface area (TPSA) is 73.8 Å². The molecule has 2 amide bonds. The molecule has 144 valence electrons. The summed E-state index contributed by atoms with van der Waals surface area (Å²) >= 11 is 0. The number of hydrogen-bond donors (Lipinski definition) is 2. The molecule has 3 rings (SSSR count). The van der Waals surface area contributed by atoms with Crippen LogP contribution >= 0.6 is 0 Å². The van der Waals surface area contributed by atoms with E-state index in [9.17, 15) is 9.59 Å². The Bertz CT molecular complexity index is 959. The fourth-order valence-electron chi connectivity index (χ4n) is 3.38. The highest BCUT2D eigenvalue weighted by Crippen LogP contribution is 2.46. The fourth-order valence-corrected chi connectivity index (χ4v) is 3.38. The molecule has 28 heavy (non-hydrogen) atoms. The molecule has 1 aliphatic heterocycles. The van der Waals surface area contributed by atoms with E-state index in [2.05, 4.69) is 46.7 Å². The largest absolute Gasteiger partial charge is 0.347 e. The van der Waals surface area contributed by atoms with Gasteiger partial charge in [0.2, 0.25) is 0 Å². The number of rotatable bonds is 3. The number of anilines is 2. The molecule has 0 unspecified atom stereocenters. The molecule has 6 heteroatoms.